The third kappa shape index (κ3) is 3.54. The van der Waals surface area contributed by atoms with Crippen LogP contribution in [-0.4, -0.2) is 40.0 Å². The second kappa shape index (κ2) is 8.38. The second-order valence-electron chi connectivity index (χ2n) is 9.45. The lowest BCUT2D eigenvalue weighted by molar-refractivity contribution is -0.118. The van der Waals surface area contributed by atoms with Crippen molar-refractivity contribution in [1.29, 1.82) is 0 Å². The van der Waals surface area contributed by atoms with Crippen molar-refractivity contribution in [2.45, 2.75) is 64.6 Å². The van der Waals surface area contributed by atoms with Gasteiger partial charge in [-0.1, -0.05) is 37.3 Å². The minimum absolute atomic E-state index is 0.180. The van der Waals surface area contributed by atoms with Crippen LogP contribution in [0, 0.1) is 0 Å². The lowest BCUT2D eigenvalue weighted by atomic mass is 9.97. The summed E-state index contributed by atoms with van der Waals surface area (Å²) in [6.45, 7) is 7.91. The highest BCUT2D eigenvalue weighted by Crippen LogP contribution is 2.37. The number of carbonyl (C=O) groups excluding carboxylic acids is 1. The number of amides is 1. The van der Waals surface area contributed by atoms with Gasteiger partial charge in [-0.15, -0.1) is 0 Å². The van der Waals surface area contributed by atoms with E-state index in [1.54, 1.807) is 0 Å². The summed E-state index contributed by atoms with van der Waals surface area (Å²) >= 11 is 0. The molecule has 32 heavy (non-hydrogen) atoms. The summed E-state index contributed by atoms with van der Waals surface area (Å²) in [6, 6.07) is 15.1. The van der Waals surface area contributed by atoms with Gasteiger partial charge in [-0.2, -0.15) is 0 Å². The third-order valence-electron chi connectivity index (χ3n) is 7.31. The average Bonchev–Trinajstić information content (AvgIpc) is 3.32. The van der Waals surface area contributed by atoms with Crippen molar-refractivity contribution >= 4 is 22.5 Å². The molecule has 168 valence electrons. The SMILES string of the molecule is CCCC(=O)N1c2ccc([C@H](O)CN3CCc4c([nH]c5ccccc45)[C@H]3C)cc2C[C@H]1C. The fourth-order valence-electron chi connectivity index (χ4n) is 5.63. The molecule has 5 heteroatoms. The number of hydrogen-bond acceptors (Lipinski definition) is 3. The molecule has 0 bridgehead atoms. The number of aliphatic hydroxyl groups is 1. The molecule has 0 saturated heterocycles. The number of nitrogens with one attached hydrogen (secondary N) is 1. The summed E-state index contributed by atoms with van der Waals surface area (Å²) in [6.07, 6.45) is 2.73. The molecular formula is C27H33N3O2. The van der Waals surface area contributed by atoms with Gasteiger partial charge in [0.1, 0.15) is 0 Å². The van der Waals surface area contributed by atoms with E-state index in [2.05, 4.69) is 54.1 Å². The zero-order valence-corrected chi connectivity index (χ0v) is 19.3. The van der Waals surface area contributed by atoms with Crippen molar-refractivity contribution in [2.75, 3.05) is 18.0 Å². The molecule has 0 aliphatic carbocycles. The van der Waals surface area contributed by atoms with Gasteiger partial charge in [0, 0.05) is 53.9 Å². The number of aromatic nitrogens is 1. The smallest absolute Gasteiger partial charge is 0.227 e. The molecule has 2 N–H and O–H groups in total. The van der Waals surface area contributed by atoms with E-state index in [9.17, 15) is 9.90 Å². The Morgan fingerprint density at radius 1 is 1.22 bits per heavy atom. The summed E-state index contributed by atoms with van der Waals surface area (Å²) in [7, 11) is 0. The maximum Gasteiger partial charge on any atom is 0.227 e. The fraction of sp³-hybridized carbons (Fsp3) is 0.444. The highest BCUT2D eigenvalue weighted by molar-refractivity contribution is 5.96. The first-order valence-corrected chi connectivity index (χ1v) is 11.9. The third-order valence-corrected chi connectivity index (χ3v) is 7.31. The highest BCUT2D eigenvalue weighted by Gasteiger charge is 2.32. The molecule has 3 heterocycles. The monoisotopic (exact) mass is 431 g/mol. The van der Waals surface area contributed by atoms with Crippen LogP contribution in [0.5, 0.6) is 0 Å². The van der Waals surface area contributed by atoms with E-state index in [0.717, 1.165) is 37.1 Å². The molecular weight excluding hydrogens is 398 g/mol. The summed E-state index contributed by atoms with van der Waals surface area (Å²) < 4.78 is 0. The first-order chi connectivity index (χ1) is 15.5. The van der Waals surface area contributed by atoms with E-state index in [0.29, 0.717) is 13.0 Å². The van der Waals surface area contributed by atoms with Crippen molar-refractivity contribution in [3.05, 3.63) is 64.8 Å². The Balaban J connectivity index is 1.33. The summed E-state index contributed by atoms with van der Waals surface area (Å²) in [5.41, 5.74) is 7.01. The zero-order chi connectivity index (χ0) is 22.4. The van der Waals surface area contributed by atoms with E-state index in [4.69, 9.17) is 0 Å². The number of fused-ring (bicyclic) bond motifs is 4. The van der Waals surface area contributed by atoms with Crippen LogP contribution in [0.3, 0.4) is 0 Å². The Hall–Kier alpha value is -2.63. The summed E-state index contributed by atoms with van der Waals surface area (Å²) in [4.78, 5) is 20.5. The van der Waals surface area contributed by atoms with Crippen LogP contribution >= 0.6 is 0 Å². The number of para-hydroxylation sites is 1. The standard InChI is InChI=1S/C27H33N3O2/c1-4-7-26(32)30-17(2)14-20-15-19(10-11-24(20)30)25(31)16-29-13-12-22-21-8-5-6-9-23(21)28-27(22)18(29)3/h5-6,8-11,15,17-18,25,28,31H,4,7,12-14,16H2,1-3H3/t17-,18-,25-/m1/s1. The molecule has 0 unspecified atom stereocenters. The maximum absolute atomic E-state index is 12.6. The quantitative estimate of drug-likeness (QED) is 0.604. The van der Waals surface area contributed by atoms with Crippen molar-refractivity contribution in [2.24, 2.45) is 0 Å². The Labute approximate surface area is 190 Å². The van der Waals surface area contributed by atoms with Crippen LogP contribution < -0.4 is 4.90 Å². The van der Waals surface area contributed by atoms with Crippen LogP contribution in [0.15, 0.2) is 42.5 Å². The molecule has 0 spiro atoms. The molecule has 0 radical (unpaired) electrons. The number of aromatic amines is 1. The van der Waals surface area contributed by atoms with E-state index in [1.165, 1.54) is 27.7 Å². The van der Waals surface area contributed by atoms with Gasteiger partial charge in [-0.05, 0) is 61.9 Å². The molecule has 5 nitrogen and oxygen atoms in total. The minimum Gasteiger partial charge on any atom is -0.387 e. The predicted molar refractivity (Wildman–Crippen MR) is 129 cm³/mol. The molecule has 3 atom stereocenters. The van der Waals surface area contributed by atoms with Gasteiger partial charge < -0.3 is 15.0 Å². The minimum atomic E-state index is -0.552. The lowest BCUT2D eigenvalue weighted by Gasteiger charge is -2.35. The van der Waals surface area contributed by atoms with Gasteiger partial charge in [0.05, 0.1) is 6.10 Å². The molecule has 2 aliphatic rings. The number of aliphatic hydroxyl groups excluding tert-OH is 1. The van der Waals surface area contributed by atoms with E-state index >= 15 is 0 Å². The van der Waals surface area contributed by atoms with Crippen molar-refractivity contribution < 1.29 is 9.90 Å². The van der Waals surface area contributed by atoms with Crippen molar-refractivity contribution in [3.8, 4) is 0 Å². The topological polar surface area (TPSA) is 59.6 Å². The van der Waals surface area contributed by atoms with Gasteiger partial charge in [-0.3, -0.25) is 9.69 Å². The average molecular weight is 432 g/mol. The Morgan fingerprint density at radius 2 is 2.03 bits per heavy atom. The number of rotatable bonds is 5. The number of carbonyl (C=O) groups is 1. The van der Waals surface area contributed by atoms with Gasteiger partial charge in [0.2, 0.25) is 5.91 Å². The Morgan fingerprint density at radius 3 is 2.84 bits per heavy atom. The zero-order valence-electron chi connectivity index (χ0n) is 19.3. The van der Waals surface area contributed by atoms with Crippen LogP contribution in [-0.2, 0) is 17.6 Å². The predicted octanol–water partition coefficient (Wildman–Crippen LogP) is 4.90. The first kappa shape index (κ1) is 21.2. The highest BCUT2D eigenvalue weighted by atomic mass is 16.3. The lowest BCUT2D eigenvalue weighted by Crippen LogP contribution is -2.37. The van der Waals surface area contributed by atoms with Crippen LogP contribution in [0.1, 0.15) is 68.1 Å². The maximum atomic E-state index is 12.6. The molecule has 2 aromatic carbocycles. The Bertz CT molecular complexity index is 1150. The fourth-order valence-corrected chi connectivity index (χ4v) is 5.63. The van der Waals surface area contributed by atoms with Crippen LogP contribution in [0.2, 0.25) is 0 Å². The summed E-state index contributed by atoms with van der Waals surface area (Å²) in [5.74, 6) is 0.198. The Kier molecular flexibility index (Phi) is 5.56. The molecule has 0 saturated carbocycles. The van der Waals surface area contributed by atoms with E-state index < -0.39 is 6.10 Å². The van der Waals surface area contributed by atoms with E-state index in [-0.39, 0.29) is 18.0 Å². The van der Waals surface area contributed by atoms with Crippen molar-refractivity contribution in [1.82, 2.24) is 9.88 Å². The van der Waals surface area contributed by atoms with Gasteiger partial charge >= 0.3 is 0 Å². The largest absolute Gasteiger partial charge is 0.387 e. The van der Waals surface area contributed by atoms with E-state index in [1.807, 2.05) is 24.0 Å². The number of hydrogen-bond donors (Lipinski definition) is 2. The van der Waals surface area contributed by atoms with Crippen LogP contribution in [0.25, 0.3) is 10.9 Å². The normalized spacial score (nSPS) is 21.6. The number of β-amino-alcohol motifs (C(OH)–C–C–N with tert-alkyl or cyclic N) is 1. The van der Waals surface area contributed by atoms with Gasteiger partial charge in [-0.25, -0.2) is 0 Å². The molecule has 2 aliphatic heterocycles. The van der Waals surface area contributed by atoms with Gasteiger partial charge in [0.15, 0.2) is 0 Å². The first-order valence-electron chi connectivity index (χ1n) is 11.9. The number of benzene rings is 2. The molecule has 3 aromatic rings. The molecule has 5 rings (SSSR count). The summed E-state index contributed by atoms with van der Waals surface area (Å²) in [5, 5.41) is 12.4. The van der Waals surface area contributed by atoms with Crippen LogP contribution in [0.4, 0.5) is 5.69 Å². The molecule has 1 amide bonds. The van der Waals surface area contributed by atoms with Gasteiger partial charge in [0.25, 0.3) is 0 Å². The number of H-pyrrole nitrogens is 1. The van der Waals surface area contributed by atoms with Crippen molar-refractivity contribution in [3.63, 3.8) is 0 Å². The second-order valence-corrected chi connectivity index (χ2v) is 9.45. The molecule has 1 aromatic heterocycles. The number of anilines is 1. The number of nitrogens with zero attached hydrogens (tertiary/aromatic N) is 2. The molecule has 0 fully saturated rings.